The molecule has 0 aliphatic carbocycles. The van der Waals surface area contributed by atoms with Crippen molar-refractivity contribution in [3.63, 3.8) is 0 Å². The minimum absolute atomic E-state index is 0.105. The van der Waals surface area contributed by atoms with Crippen molar-refractivity contribution >= 4 is 5.91 Å². The third-order valence-corrected chi connectivity index (χ3v) is 8.41. The van der Waals surface area contributed by atoms with Gasteiger partial charge in [0, 0.05) is 6.42 Å². The van der Waals surface area contributed by atoms with Crippen LogP contribution in [0.4, 0.5) is 0 Å². The predicted molar refractivity (Wildman–Crippen MR) is 229 cm³/mol. The van der Waals surface area contributed by atoms with Crippen LogP contribution in [0.5, 0.6) is 0 Å². The summed E-state index contributed by atoms with van der Waals surface area (Å²) in [6.07, 6.45) is 65.8. The van der Waals surface area contributed by atoms with Crippen LogP contribution < -0.4 is 5.32 Å². The largest absolute Gasteiger partial charge is 0.394 e. The molecular formula is C48H77NO3. The molecule has 0 aromatic rings. The van der Waals surface area contributed by atoms with Gasteiger partial charge in [-0.05, 0) is 103 Å². The van der Waals surface area contributed by atoms with Crippen molar-refractivity contribution in [2.24, 2.45) is 0 Å². The van der Waals surface area contributed by atoms with Crippen LogP contribution in [0.25, 0.3) is 0 Å². The van der Waals surface area contributed by atoms with Crippen LogP contribution in [-0.4, -0.2) is 34.9 Å². The van der Waals surface area contributed by atoms with Gasteiger partial charge in [-0.15, -0.1) is 0 Å². The fraction of sp³-hybridized carbons (Fsp3) is 0.562. The number of hydrogen-bond acceptors (Lipinski definition) is 3. The number of rotatable bonds is 35. The van der Waals surface area contributed by atoms with E-state index in [2.05, 4.69) is 129 Å². The molecule has 0 spiro atoms. The molecule has 52 heavy (non-hydrogen) atoms. The zero-order valence-corrected chi connectivity index (χ0v) is 33.3. The lowest BCUT2D eigenvalue weighted by molar-refractivity contribution is -0.123. The first-order chi connectivity index (χ1) is 25.7. The molecule has 2 unspecified atom stereocenters. The van der Waals surface area contributed by atoms with Crippen LogP contribution in [0, 0.1) is 0 Å². The van der Waals surface area contributed by atoms with Gasteiger partial charge >= 0.3 is 0 Å². The van der Waals surface area contributed by atoms with Gasteiger partial charge in [-0.25, -0.2) is 0 Å². The van der Waals surface area contributed by atoms with Crippen LogP contribution in [0.1, 0.15) is 155 Å². The second kappa shape index (κ2) is 42.2. The molecule has 0 aliphatic rings. The minimum Gasteiger partial charge on any atom is -0.394 e. The molecule has 0 saturated carbocycles. The summed E-state index contributed by atoms with van der Waals surface area (Å²) in [6.45, 7) is 4.11. The lowest BCUT2D eigenvalue weighted by atomic mass is 10.1. The Kier molecular flexibility index (Phi) is 39.6. The van der Waals surface area contributed by atoms with Gasteiger partial charge in [0.15, 0.2) is 0 Å². The number of amides is 1. The molecule has 0 rings (SSSR count). The third kappa shape index (κ3) is 38.0. The van der Waals surface area contributed by atoms with Crippen molar-refractivity contribution in [2.75, 3.05) is 6.61 Å². The van der Waals surface area contributed by atoms with E-state index < -0.39 is 12.1 Å². The van der Waals surface area contributed by atoms with E-state index in [1.54, 1.807) is 6.08 Å². The highest BCUT2D eigenvalue weighted by atomic mass is 16.3. The van der Waals surface area contributed by atoms with Crippen molar-refractivity contribution in [1.29, 1.82) is 0 Å². The number of carbonyl (C=O) groups excluding carboxylic acids is 1. The summed E-state index contributed by atoms with van der Waals surface area (Å²) in [5.74, 6) is -0.105. The molecule has 4 nitrogen and oxygen atoms in total. The van der Waals surface area contributed by atoms with Crippen molar-refractivity contribution in [3.05, 3.63) is 122 Å². The molecule has 292 valence electrons. The van der Waals surface area contributed by atoms with E-state index in [4.69, 9.17) is 0 Å². The summed E-state index contributed by atoms with van der Waals surface area (Å²) in [7, 11) is 0. The Morgan fingerprint density at radius 3 is 1.35 bits per heavy atom. The number of hydrogen-bond donors (Lipinski definition) is 3. The molecule has 0 saturated heterocycles. The van der Waals surface area contributed by atoms with Gasteiger partial charge < -0.3 is 15.5 Å². The fourth-order valence-electron chi connectivity index (χ4n) is 5.24. The Morgan fingerprint density at radius 1 is 0.481 bits per heavy atom. The average molecular weight is 716 g/mol. The van der Waals surface area contributed by atoms with E-state index in [0.29, 0.717) is 6.42 Å². The lowest BCUT2D eigenvalue weighted by Gasteiger charge is -2.19. The number of aliphatic hydroxyl groups excluding tert-OH is 2. The smallest absolute Gasteiger partial charge is 0.220 e. The Hall–Kier alpha value is -3.21. The maximum absolute atomic E-state index is 12.4. The highest BCUT2D eigenvalue weighted by Crippen LogP contribution is 2.09. The third-order valence-electron chi connectivity index (χ3n) is 8.41. The zero-order chi connectivity index (χ0) is 37.8. The molecule has 0 bridgehead atoms. The first kappa shape index (κ1) is 48.8. The van der Waals surface area contributed by atoms with Gasteiger partial charge in [0.1, 0.15) is 0 Å². The highest BCUT2D eigenvalue weighted by molar-refractivity contribution is 5.76. The van der Waals surface area contributed by atoms with Gasteiger partial charge in [-0.3, -0.25) is 4.79 Å². The summed E-state index contributed by atoms with van der Waals surface area (Å²) in [6, 6.07) is -0.664. The van der Waals surface area contributed by atoms with Crippen LogP contribution in [-0.2, 0) is 4.79 Å². The summed E-state index contributed by atoms with van der Waals surface area (Å²) in [5, 5.41) is 22.9. The highest BCUT2D eigenvalue weighted by Gasteiger charge is 2.17. The number of aliphatic hydroxyl groups is 2. The maximum Gasteiger partial charge on any atom is 0.220 e. The molecule has 0 aliphatic heterocycles. The molecule has 1 amide bonds. The van der Waals surface area contributed by atoms with Crippen LogP contribution in [0.2, 0.25) is 0 Å². The van der Waals surface area contributed by atoms with E-state index in [1.807, 2.05) is 6.08 Å². The Labute approximate surface area is 320 Å². The minimum atomic E-state index is -0.886. The topological polar surface area (TPSA) is 69.6 Å². The number of unbranched alkanes of at least 4 members (excludes halogenated alkanes) is 10. The van der Waals surface area contributed by atoms with Crippen molar-refractivity contribution in [1.82, 2.24) is 5.32 Å². The SMILES string of the molecule is CC/C=C\C/C=C\C/C=C\C/C=C\C/C=C\C/C=C\C/C=C\CCCCCCCC(=O)NC(CO)C(O)/C=C/CC/C=C/CC/C=C/CCCCC. The monoisotopic (exact) mass is 716 g/mol. The van der Waals surface area contributed by atoms with Crippen molar-refractivity contribution in [2.45, 2.75) is 167 Å². The van der Waals surface area contributed by atoms with Gasteiger partial charge in [0.05, 0.1) is 18.8 Å². The lowest BCUT2D eigenvalue weighted by Crippen LogP contribution is -2.45. The van der Waals surface area contributed by atoms with E-state index in [1.165, 1.54) is 38.5 Å². The zero-order valence-electron chi connectivity index (χ0n) is 33.3. The van der Waals surface area contributed by atoms with E-state index in [0.717, 1.165) is 96.3 Å². The molecule has 0 aromatic carbocycles. The Morgan fingerprint density at radius 2 is 0.865 bits per heavy atom. The summed E-state index contributed by atoms with van der Waals surface area (Å²) < 4.78 is 0. The normalized spacial score (nSPS) is 14.3. The number of allylic oxidation sites excluding steroid dienone is 19. The quantitative estimate of drug-likeness (QED) is 0.0452. The van der Waals surface area contributed by atoms with Crippen LogP contribution in [0.15, 0.2) is 122 Å². The fourth-order valence-corrected chi connectivity index (χ4v) is 5.24. The van der Waals surface area contributed by atoms with Crippen molar-refractivity contribution in [3.8, 4) is 0 Å². The first-order valence-electron chi connectivity index (χ1n) is 20.7. The Bertz CT molecular complexity index is 1080. The number of carbonyl (C=O) groups is 1. The molecular weight excluding hydrogens is 639 g/mol. The molecule has 0 aromatic heterocycles. The summed E-state index contributed by atoms with van der Waals surface area (Å²) >= 11 is 0. The van der Waals surface area contributed by atoms with E-state index in [-0.39, 0.29) is 12.5 Å². The molecule has 3 N–H and O–H groups in total. The molecule has 0 radical (unpaired) electrons. The summed E-state index contributed by atoms with van der Waals surface area (Å²) in [5.41, 5.74) is 0. The van der Waals surface area contributed by atoms with Crippen LogP contribution in [0.3, 0.4) is 0 Å². The van der Waals surface area contributed by atoms with Gasteiger partial charge in [0.25, 0.3) is 0 Å². The van der Waals surface area contributed by atoms with Gasteiger partial charge in [0.2, 0.25) is 5.91 Å². The maximum atomic E-state index is 12.4. The molecule has 0 heterocycles. The average Bonchev–Trinajstić information content (AvgIpc) is 3.15. The molecule has 4 heteroatoms. The standard InChI is InChI=1S/C48H77NO3/c1-3-5-7-9-11-13-15-17-18-19-20-21-22-23-24-25-26-27-28-29-30-32-34-36-38-40-42-44-48(52)49-46(45-50)47(51)43-41-39-37-35-33-31-16-14-12-10-8-6-4-2/h5,7,11-14,17-18,20-21,23-24,26-27,29-30,33,35,41,43,46-47,50-51H,3-4,6,8-10,15-16,19,22,25,28,31-32,34,36-40,42,44-45H2,1-2H3,(H,49,52)/b7-5-,13-11-,14-12+,18-17-,21-20-,24-23-,27-26-,30-29-,35-33+,43-41+. The van der Waals surface area contributed by atoms with Gasteiger partial charge in [-0.1, -0.05) is 167 Å². The van der Waals surface area contributed by atoms with Crippen LogP contribution >= 0.6 is 0 Å². The second-order valence-electron chi connectivity index (χ2n) is 13.3. The molecule has 0 fully saturated rings. The van der Waals surface area contributed by atoms with Gasteiger partial charge in [-0.2, -0.15) is 0 Å². The van der Waals surface area contributed by atoms with E-state index in [9.17, 15) is 15.0 Å². The number of nitrogens with one attached hydrogen (secondary N) is 1. The second-order valence-corrected chi connectivity index (χ2v) is 13.3. The predicted octanol–water partition coefficient (Wildman–Crippen LogP) is 13.0. The summed E-state index contributed by atoms with van der Waals surface area (Å²) in [4.78, 5) is 12.4. The molecule has 2 atom stereocenters. The first-order valence-corrected chi connectivity index (χ1v) is 20.7. The Balaban J connectivity index is 3.76. The van der Waals surface area contributed by atoms with Crippen molar-refractivity contribution < 1.29 is 15.0 Å². The van der Waals surface area contributed by atoms with E-state index >= 15 is 0 Å².